The minimum atomic E-state index is -0.232. The lowest BCUT2D eigenvalue weighted by Gasteiger charge is -2.10. The van der Waals surface area contributed by atoms with Crippen LogP contribution in [0.5, 0.6) is 5.75 Å². The molecule has 0 aliphatic carbocycles. The number of aromatic hydroxyl groups is 1. The van der Waals surface area contributed by atoms with Crippen molar-refractivity contribution in [1.29, 1.82) is 5.26 Å². The number of nitriles is 1. The Morgan fingerprint density at radius 3 is 2.43 bits per heavy atom. The third kappa shape index (κ3) is 2.99. The summed E-state index contributed by atoms with van der Waals surface area (Å²) in [6.07, 6.45) is 0.324. The number of anilines is 1. The number of fused-ring (bicyclic) bond motifs is 1. The fraction of sp³-hybridized carbons (Fsp3) is 0.0526. The predicted molar refractivity (Wildman–Crippen MR) is 89.3 cm³/mol. The number of nitrogens with one attached hydrogen (secondary N) is 1. The van der Waals surface area contributed by atoms with Crippen molar-refractivity contribution < 1.29 is 9.90 Å². The first-order valence-corrected chi connectivity index (χ1v) is 7.17. The molecular weight excluding hydrogens is 288 g/mol. The summed E-state index contributed by atoms with van der Waals surface area (Å²) in [5, 5.41) is 22.9. The SMILES string of the molecule is N#CCc1ccc(C(=O)Nc2cccc3c(O)cccc23)cc1. The van der Waals surface area contributed by atoms with Gasteiger partial charge in [0.25, 0.3) is 5.91 Å². The molecule has 0 spiro atoms. The van der Waals surface area contributed by atoms with Crippen LogP contribution < -0.4 is 5.32 Å². The molecule has 0 atom stereocenters. The Labute approximate surface area is 133 Å². The van der Waals surface area contributed by atoms with Crippen molar-refractivity contribution >= 4 is 22.4 Å². The van der Waals surface area contributed by atoms with Crippen LogP contribution in [0.25, 0.3) is 10.8 Å². The van der Waals surface area contributed by atoms with Crippen LogP contribution >= 0.6 is 0 Å². The molecule has 0 aliphatic rings. The average molecular weight is 302 g/mol. The molecule has 0 saturated carbocycles. The number of carbonyl (C=O) groups excluding carboxylic acids is 1. The third-order valence-electron chi connectivity index (χ3n) is 3.65. The largest absolute Gasteiger partial charge is 0.507 e. The number of nitrogens with zero attached hydrogens (tertiary/aromatic N) is 1. The quantitative estimate of drug-likeness (QED) is 0.771. The lowest BCUT2D eigenvalue weighted by atomic mass is 10.1. The third-order valence-corrected chi connectivity index (χ3v) is 3.65. The Hall–Kier alpha value is -3.32. The van der Waals surface area contributed by atoms with E-state index in [1.54, 1.807) is 54.6 Å². The maximum atomic E-state index is 12.4. The van der Waals surface area contributed by atoms with Crippen LogP contribution in [0.15, 0.2) is 60.7 Å². The number of phenolic OH excluding ortho intramolecular Hbond substituents is 1. The van der Waals surface area contributed by atoms with Crippen LogP contribution in [0, 0.1) is 11.3 Å². The van der Waals surface area contributed by atoms with E-state index in [1.807, 2.05) is 6.07 Å². The highest BCUT2D eigenvalue weighted by atomic mass is 16.3. The topological polar surface area (TPSA) is 73.1 Å². The van der Waals surface area contributed by atoms with E-state index in [9.17, 15) is 9.90 Å². The first kappa shape index (κ1) is 14.6. The smallest absolute Gasteiger partial charge is 0.255 e. The van der Waals surface area contributed by atoms with Gasteiger partial charge in [0.05, 0.1) is 12.5 Å². The fourth-order valence-electron chi connectivity index (χ4n) is 2.46. The summed E-state index contributed by atoms with van der Waals surface area (Å²) in [5.41, 5.74) is 2.03. The van der Waals surface area contributed by atoms with Crippen LogP contribution in [-0.4, -0.2) is 11.0 Å². The highest BCUT2D eigenvalue weighted by Crippen LogP contribution is 2.30. The van der Waals surface area contributed by atoms with E-state index in [0.717, 1.165) is 10.9 Å². The van der Waals surface area contributed by atoms with Crippen molar-refractivity contribution in [3.63, 3.8) is 0 Å². The molecule has 0 fully saturated rings. The zero-order valence-electron chi connectivity index (χ0n) is 12.3. The van der Waals surface area contributed by atoms with Crippen molar-refractivity contribution in [2.45, 2.75) is 6.42 Å². The molecule has 3 aromatic carbocycles. The van der Waals surface area contributed by atoms with Gasteiger partial charge in [-0.2, -0.15) is 5.26 Å². The zero-order valence-corrected chi connectivity index (χ0v) is 12.3. The minimum Gasteiger partial charge on any atom is -0.507 e. The van der Waals surface area contributed by atoms with Gasteiger partial charge < -0.3 is 10.4 Å². The van der Waals surface area contributed by atoms with Gasteiger partial charge in [-0.15, -0.1) is 0 Å². The van der Waals surface area contributed by atoms with Crippen molar-refractivity contribution in [1.82, 2.24) is 0 Å². The molecule has 0 saturated heterocycles. The lowest BCUT2D eigenvalue weighted by Crippen LogP contribution is -2.12. The highest BCUT2D eigenvalue weighted by molar-refractivity contribution is 6.09. The van der Waals surface area contributed by atoms with Gasteiger partial charge in [-0.25, -0.2) is 0 Å². The Morgan fingerprint density at radius 1 is 1.00 bits per heavy atom. The van der Waals surface area contributed by atoms with E-state index in [-0.39, 0.29) is 11.7 Å². The van der Waals surface area contributed by atoms with Gasteiger partial charge in [0.15, 0.2) is 0 Å². The Bertz CT molecular complexity index is 909. The monoisotopic (exact) mass is 302 g/mol. The molecule has 112 valence electrons. The Balaban J connectivity index is 1.88. The second-order valence-corrected chi connectivity index (χ2v) is 5.16. The van der Waals surface area contributed by atoms with Gasteiger partial charge >= 0.3 is 0 Å². The molecule has 3 rings (SSSR count). The van der Waals surface area contributed by atoms with Crippen molar-refractivity contribution in [2.75, 3.05) is 5.32 Å². The average Bonchev–Trinajstić information content (AvgIpc) is 2.57. The van der Waals surface area contributed by atoms with Crippen LogP contribution in [-0.2, 0) is 6.42 Å². The summed E-state index contributed by atoms with van der Waals surface area (Å²) in [6.45, 7) is 0. The second kappa shape index (κ2) is 6.20. The standard InChI is InChI=1S/C19H14N2O2/c20-12-11-13-7-9-14(10-8-13)19(23)21-17-5-1-4-16-15(17)3-2-6-18(16)22/h1-10,22H,11H2,(H,21,23). The number of hydrogen-bond donors (Lipinski definition) is 2. The zero-order chi connectivity index (χ0) is 16.2. The normalized spacial score (nSPS) is 10.2. The molecule has 23 heavy (non-hydrogen) atoms. The van der Waals surface area contributed by atoms with Crippen molar-refractivity contribution in [3.05, 3.63) is 71.8 Å². The van der Waals surface area contributed by atoms with Crippen LogP contribution in [0.1, 0.15) is 15.9 Å². The molecule has 0 unspecified atom stereocenters. The highest BCUT2D eigenvalue weighted by Gasteiger charge is 2.09. The van der Waals surface area contributed by atoms with Gasteiger partial charge in [0, 0.05) is 22.0 Å². The van der Waals surface area contributed by atoms with Crippen molar-refractivity contribution in [3.8, 4) is 11.8 Å². The van der Waals surface area contributed by atoms with E-state index in [0.29, 0.717) is 23.1 Å². The number of phenols is 1. The second-order valence-electron chi connectivity index (χ2n) is 5.16. The van der Waals surface area contributed by atoms with Crippen LogP contribution in [0.4, 0.5) is 5.69 Å². The molecule has 0 bridgehead atoms. The van der Waals surface area contributed by atoms with E-state index in [1.165, 1.54) is 0 Å². The number of carbonyl (C=O) groups is 1. The van der Waals surface area contributed by atoms with Crippen LogP contribution in [0.2, 0.25) is 0 Å². The molecule has 4 heteroatoms. The molecule has 0 aliphatic heterocycles. The van der Waals surface area contributed by atoms with E-state index in [2.05, 4.69) is 11.4 Å². The molecule has 0 aromatic heterocycles. The summed E-state index contributed by atoms with van der Waals surface area (Å²) in [7, 11) is 0. The van der Waals surface area contributed by atoms with E-state index >= 15 is 0 Å². The molecule has 0 heterocycles. The fourth-order valence-corrected chi connectivity index (χ4v) is 2.46. The molecular formula is C19H14N2O2. The van der Waals surface area contributed by atoms with Gasteiger partial charge in [-0.3, -0.25) is 4.79 Å². The van der Waals surface area contributed by atoms with Gasteiger partial charge in [-0.1, -0.05) is 36.4 Å². The number of hydrogen-bond acceptors (Lipinski definition) is 3. The summed E-state index contributed by atoms with van der Waals surface area (Å²) in [6, 6.07) is 19.6. The summed E-state index contributed by atoms with van der Waals surface area (Å²) >= 11 is 0. The molecule has 4 nitrogen and oxygen atoms in total. The maximum Gasteiger partial charge on any atom is 0.255 e. The predicted octanol–water partition coefficient (Wildman–Crippen LogP) is 3.86. The van der Waals surface area contributed by atoms with E-state index in [4.69, 9.17) is 5.26 Å². The first-order valence-electron chi connectivity index (χ1n) is 7.17. The first-order chi connectivity index (χ1) is 11.2. The molecule has 2 N–H and O–H groups in total. The Morgan fingerprint density at radius 2 is 1.70 bits per heavy atom. The van der Waals surface area contributed by atoms with Gasteiger partial charge in [-0.05, 0) is 29.8 Å². The number of amides is 1. The van der Waals surface area contributed by atoms with Gasteiger partial charge in [0.1, 0.15) is 5.75 Å². The molecule has 1 amide bonds. The molecule has 0 radical (unpaired) electrons. The summed E-state index contributed by atoms with van der Waals surface area (Å²) in [4.78, 5) is 12.4. The lowest BCUT2D eigenvalue weighted by molar-refractivity contribution is 0.102. The van der Waals surface area contributed by atoms with Crippen molar-refractivity contribution in [2.24, 2.45) is 0 Å². The Kier molecular flexibility index (Phi) is 3.94. The van der Waals surface area contributed by atoms with Gasteiger partial charge in [0.2, 0.25) is 0 Å². The van der Waals surface area contributed by atoms with E-state index < -0.39 is 0 Å². The summed E-state index contributed by atoms with van der Waals surface area (Å²) < 4.78 is 0. The maximum absolute atomic E-state index is 12.4. The number of rotatable bonds is 3. The van der Waals surface area contributed by atoms with Crippen LogP contribution in [0.3, 0.4) is 0 Å². The number of benzene rings is 3. The summed E-state index contributed by atoms with van der Waals surface area (Å²) in [5.74, 6) is -0.0520. The minimum absolute atomic E-state index is 0.180. The molecule has 3 aromatic rings.